The minimum absolute atomic E-state index is 0.157. The van der Waals surface area contributed by atoms with Gasteiger partial charge >= 0.3 is 6.18 Å². The molecule has 2 fully saturated rings. The van der Waals surface area contributed by atoms with Crippen molar-refractivity contribution < 1.29 is 18.0 Å². The second-order valence-electron chi connectivity index (χ2n) is 6.88. The first kappa shape index (κ1) is 17.6. The van der Waals surface area contributed by atoms with Crippen molar-refractivity contribution in [2.75, 3.05) is 0 Å². The monoisotopic (exact) mass is 351 g/mol. The Labute approximate surface area is 144 Å². The molecule has 7 heteroatoms. The van der Waals surface area contributed by atoms with Crippen molar-refractivity contribution in [3.63, 3.8) is 0 Å². The molecule has 0 saturated heterocycles. The summed E-state index contributed by atoms with van der Waals surface area (Å²) in [5.41, 5.74) is -0.238. The van der Waals surface area contributed by atoms with Gasteiger partial charge in [-0.1, -0.05) is 6.07 Å². The number of alkyl halides is 3. The summed E-state index contributed by atoms with van der Waals surface area (Å²) in [6.07, 6.45) is 0.458. The molecule has 0 spiro atoms. The molecular formula is C18H20F3N3O. The lowest BCUT2D eigenvalue weighted by Gasteiger charge is -2.06. The number of hydrogen-bond donors (Lipinski definition) is 0. The maximum absolute atomic E-state index is 12.5. The van der Waals surface area contributed by atoms with Crippen LogP contribution in [0.25, 0.3) is 11.4 Å². The summed E-state index contributed by atoms with van der Waals surface area (Å²) in [6, 6.07) is 5.61. The minimum Gasteiger partial charge on any atom is -0.300 e. The van der Waals surface area contributed by atoms with E-state index in [1.54, 1.807) is 16.9 Å². The number of nitrogens with zero attached hydrogens (tertiary/aromatic N) is 3. The van der Waals surface area contributed by atoms with E-state index in [1.807, 2.05) is 13.8 Å². The second-order valence-corrected chi connectivity index (χ2v) is 6.88. The summed E-state index contributed by atoms with van der Waals surface area (Å²) in [4.78, 5) is 14.1. The van der Waals surface area contributed by atoms with Gasteiger partial charge < -0.3 is 0 Å². The molecule has 2 aromatic rings. The third-order valence-electron chi connectivity index (χ3n) is 4.49. The topological polar surface area (TPSA) is 47.8 Å². The maximum Gasteiger partial charge on any atom is 0.433 e. The fourth-order valence-corrected chi connectivity index (χ4v) is 2.98. The molecule has 0 radical (unpaired) electrons. The minimum atomic E-state index is -4.43. The van der Waals surface area contributed by atoms with Crippen LogP contribution in [-0.2, 0) is 11.0 Å². The fraction of sp³-hybridized carbons (Fsp3) is 0.500. The normalized spacial score (nSPS) is 21.8. The van der Waals surface area contributed by atoms with E-state index >= 15 is 0 Å². The highest BCUT2D eigenvalue weighted by atomic mass is 19.4. The zero-order valence-corrected chi connectivity index (χ0v) is 14.1. The van der Waals surface area contributed by atoms with E-state index in [1.165, 1.54) is 18.6 Å². The molecule has 2 atom stereocenters. The Balaban J connectivity index is 0.000000213. The molecule has 4 nitrogen and oxygen atoms in total. The van der Waals surface area contributed by atoms with Crippen molar-refractivity contribution in [1.29, 1.82) is 0 Å². The predicted octanol–water partition coefficient (Wildman–Crippen LogP) is 4.53. The molecule has 2 aromatic heterocycles. The summed E-state index contributed by atoms with van der Waals surface area (Å²) in [5, 5.41) is 4.19. The van der Waals surface area contributed by atoms with Crippen LogP contribution in [0.4, 0.5) is 13.2 Å². The lowest BCUT2D eigenvalue weighted by molar-refractivity contribution is -0.141. The first-order valence-electron chi connectivity index (χ1n) is 8.35. The number of ketones is 1. The number of pyridine rings is 1. The number of hydrogen-bond acceptors (Lipinski definition) is 3. The van der Waals surface area contributed by atoms with E-state index in [0.29, 0.717) is 11.5 Å². The van der Waals surface area contributed by atoms with Gasteiger partial charge in [0.25, 0.3) is 0 Å². The summed E-state index contributed by atoms with van der Waals surface area (Å²) >= 11 is 0. The molecule has 0 aliphatic heterocycles. The summed E-state index contributed by atoms with van der Waals surface area (Å²) < 4.78 is 39.3. The van der Waals surface area contributed by atoms with Gasteiger partial charge in [0.15, 0.2) is 0 Å². The van der Waals surface area contributed by atoms with Crippen LogP contribution in [0, 0.1) is 11.8 Å². The molecule has 4 rings (SSSR count). The Bertz CT molecular complexity index is 755. The van der Waals surface area contributed by atoms with Crippen molar-refractivity contribution >= 4 is 5.78 Å². The average Bonchev–Trinajstić information content (AvgIpc) is 2.98. The van der Waals surface area contributed by atoms with E-state index in [4.69, 9.17) is 0 Å². The molecule has 25 heavy (non-hydrogen) atoms. The number of carbonyl (C=O) groups excluding carboxylic acids is 1. The van der Waals surface area contributed by atoms with Crippen molar-refractivity contribution in [3.8, 4) is 11.4 Å². The number of rotatable bonds is 2. The highest BCUT2D eigenvalue weighted by Gasteiger charge is 2.45. The Kier molecular flexibility index (Phi) is 4.67. The van der Waals surface area contributed by atoms with Gasteiger partial charge in [-0.05, 0) is 50.3 Å². The summed E-state index contributed by atoms with van der Waals surface area (Å²) in [7, 11) is 0. The molecule has 2 saturated carbocycles. The van der Waals surface area contributed by atoms with Crippen molar-refractivity contribution in [2.45, 2.75) is 45.3 Å². The highest BCUT2D eigenvalue weighted by Crippen LogP contribution is 2.49. The van der Waals surface area contributed by atoms with Crippen LogP contribution < -0.4 is 0 Å². The predicted molar refractivity (Wildman–Crippen MR) is 86.7 cm³/mol. The van der Waals surface area contributed by atoms with Crippen LogP contribution in [0.5, 0.6) is 0 Å². The zero-order valence-electron chi connectivity index (χ0n) is 14.1. The van der Waals surface area contributed by atoms with Crippen LogP contribution in [0.3, 0.4) is 0 Å². The van der Waals surface area contributed by atoms with E-state index in [9.17, 15) is 18.0 Å². The van der Waals surface area contributed by atoms with Crippen molar-refractivity contribution in [1.82, 2.24) is 14.8 Å². The van der Waals surface area contributed by atoms with Crippen LogP contribution in [-0.4, -0.2) is 20.5 Å². The number of carbonyl (C=O) groups is 1. The van der Waals surface area contributed by atoms with Crippen molar-refractivity contribution in [3.05, 3.63) is 36.2 Å². The van der Waals surface area contributed by atoms with E-state index in [0.717, 1.165) is 30.7 Å². The lowest BCUT2D eigenvalue weighted by Crippen LogP contribution is -2.08. The molecule has 0 aromatic carbocycles. The molecule has 0 bridgehead atoms. The van der Waals surface area contributed by atoms with Gasteiger partial charge in [-0.3, -0.25) is 9.48 Å². The Morgan fingerprint density at radius 1 is 1.12 bits per heavy atom. The molecule has 0 amide bonds. The molecule has 0 N–H and O–H groups in total. The third-order valence-corrected chi connectivity index (χ3v) is 4.49. The first-order valence-corrected chi connectivity index (χ1v) is 8.35. The van der Waals surface area contributed by atoms with E-state index in [2.05, 4.69) is 10.1 Å². The van der Waals surface area contributed by atoms with Crippen LogP contribution in [0.2, 0.25) is 0 Å². The van der Waals surface area contributed by atoms with Gasteiger partial charge in [0.2, 0.25) is 0 Å². The Morgan fingerprint density at radius 2 is 1.80 bits per heavy atom. The number of fused-ring (bicyclic) bond motifs is 1. The van der Waals surface area contributed by atoms with Gasteiger partial charge in [0, 0.05) is 25.1 Å². The molecular weight excluding hydrogens is 331 g/mol. The SMILES string of the molecule is CC(C)n1ccc(-c2cccc(C(F)(F)F)n2)n1.O=C1CC2CC2C1. The summed E-state index contributed by atoms with van der Waals surface area (Å²) in [6.45, 7) is 3.88. The number of aromatic nitrogens is 3. The maximum atomic E-state index is 12.5. The third kappa shape index (κ3) is 4.27. The highest BCUT2D eigenvalue weighted by molar-refractivity contribution is 5.82. The van der Waals surface area contributed by atoms with Gasteiger partial charge in [-0.2, -0.15) is 18.3 Å². The van der Waals surface area contributed by atoms with Crippen molar-refractivity contribution in [2.24, 2.45) is 11.8 Å². The quantitative estimate of drug-likeness (QED) is 0.799. The van der Waals surface area contributed by atoms with Crippen LogP contribution >= 0.6 is 0 Å². The van der Waals surface area contributed by atoms with E-state index < -0.39 is 11.9 Å². The van der Waals surface area contributed by atoms with Gasteiger partial charge in [-0.25, -0.2) is 4.98 Å². The van der Waals surface area contributed by atoms with Gasteiger partial charge in [0.1, 0.15) is 17.2 Å². The fourth-order valence-electron chi connectivity index (χ4n) is 2.98. The lowest BCUT2D eigenvalue weighted by atomic mass is 10.2. The van der Waals surface area contributed by atoms with Gasteiger partial charge in [-0.15, -0.1) is 0 Å². The number of halogens is 3. The zero-order chi connectivity index (χ0) is 18.2. The van der Waals surface area contributed by atoms with Gasteiger partial charge in [0.05, 0.1) is 5.69 Å². The molecule has 134 valence electrons. The molecule has 2 aliphatic carbocycles. The second kappa shape index (κ2) is 6.61. The molecule has 2 aliphatic rings. The number of Topliss-reactive ketones (excluding diaryl/α,β-unsaturated/α-hetero) is 1. The smallest absolute Gasteiger partial charge is 0.300 e. The Hall–Kier alpha value is -2.18. The van der Waals surface area contributed by atoms with Crippen LogP contribution in [0.1, 0.15) is 44.8 Å². The largest absolute Gasteiger partial charge is 0.433 e. The van der Waals surface area contributed by atoms with E-state index in [-0.39, 0.29) is 11.7 Å². The first-order chi connectivity index (χ1) is 11.7. The standard InChI is InChI=1S/C12H12F3N3.C6H8O/c1-8(2)18-7-6-10(17-18)9-4-3-5-11(16-9)12(13,14)15;7-6-2-4-1-5(4)3-6/h3-8H,1-2H3;4-5H,1-3H2. The Morgan fingerprint density at radius 3 is 2.28 bits per heavy atom. The van der Waals surface area contributed by atoms with Crippen LogP contribution in [0.15, 0.2) is 30.5 Å². The molecule has 2 unspecified atom stereocenters. The summed E-state index contributed by atoms with van der Waals surface area (Å²) in [5.74, 6) is 2.18. The molecule has 2 heterocycles. The average molecular weight is 351 g/mol.